The van der Waals surface area contributed by atoms with Gasteiger partial charge in [0.1, 0.15) is 24.0 Å². The minimum Gasteiger partial charge on any atom is -0.349 e. The molecule has 2 aromatic carbocycles. The molecule has 3 heterocycles. The number of aromatic nitrogens is 3. The van der Waals surface area contributed by atoms with Crippen LogP contribution in [0.2, 0.25) is 0 Å². The van der Waals surface area contributed by atoms with Gasteiger partial charge in [0.2, 0.25) is 5.91 Å². The second-order valence-electron chi connectivity index (χ2n) is 8.43. The van der Waals surface area contributed by atoms with Gasteiger partial charge in [-0.2, -0.15) is 5.10 Å². The molecule has 1 amide bonds. The second kappa shape index (κ2) is 7.85. The number of halogens is 2. The van der Waals surface area contributed by atoms with Gasteiger partial charge in [-0.1, -0.05) is 24.3 Å². The van der Waals surface area contributed by atoms with E-state index in [4.69, 9.17) is 0 Å². The third kappa shape index (κ3) is 4.20. The van der Waals surface area contributed by atoms with Gasteiger partial charge in [-0.05, 0) is 42.7 Å². The van der Waals surface area contributed by atoms with E-state index in [1.807, 2.05) is 12.1 Å². The van der Waals surface area contributed by atoms with E-state index in [2.05, 4.69) is 20.3 Å². The zero-order valence-corrected chi connectivity index (χ0v) is 17.0. The normalized spacial score (nSPS) is 18.5. The summed E-state index contributed by atoms with van der Waals surface area (Å²) in [5.41, 5.74) is 1.31. The highest BCUT2D eigenvalue weighted by Crippen LogP contribution is 2.30. The lowest BCUT2D eigenvalue weighted by molar-refractivity contribution is -0.123. The number of fused-ring (bicyclic) bond motifs is 1. The monoisotopic (exact) mass is 423 g/mol. The SMILES string of the molecule is O=C1Cn2nc(-c3cccc(F)c3)nc2CC2(CCN(Cc3ccc(F)cc3)CC2)N1. The average Bonchev–Trinajstić information content (AvgIpc) is 3.07. The van der Waals surface area contributed by atoms with Crippen molar-refractivity contribution in [2.75, 3.05) is 13.1 Å². The highest BCUT2D eigenvalue weighted by atomic mass is 19.1. The van der Waals surface area contributed by atoms with Gasteiger partial charge in [0, 0.05) is 37.2 Å². The number of carbonyl (C=O) groups is 1. The molecule has 3 aromatic rings. The quantitative estimate of drug-likeness (QED) is 0.704. The molecule has 1 aromatic heterocycles. The van der Waals surface area contributed by atoms with Gasteiger partial charge in [-0.3, -0.25) is 9.69 Å². The zero-order valence-electron chi connectivity index (χ0n) is 17.0. The molecule has 5 rings (SSSR count). The minimum absolute atomic E-state index is 0.0820. The molecular weight excluding hydrogens is 400 g/mol. The summed E-state index contributed by atoms with van der Waals surface area (Å²) in [7, 11) is 0. The van der Waals surface area contributed by atoms with Crippen LogP contribution in [-0.2, 0) is 24.3 Å². The number of rotatable bonds is 3. The maximum absolute atomic E-state index is 13.6. The highest BCUT2D eigenvalue weighted by Gasteiger charge is 2.39. The van der Waals surface area contributed by atoms with Crippen LogP contribution < -0.4 is 5.32 Å². The number of hydrogen-bond donors (Lipinski definition) is 1. The first kappa shape index (κ1) is 19.8. The van der Waals surface area contributed by atoms with Crippen LogP contribution in [0.25, 0.3) is 11.4 Å². The first-order chi connectivity index (χ1) is 15.0. The lowest BCUT2D eigenvalue weighted by atomic mass is 9.84. The first-order valence-corrected chi connectivity index (χ1v) is 10.5. The summed E-state index contributed by atoms with van der Waals surface area (Å²) in [6, 6.07) is 12.8. The molecule has 0 bridgehead atoms. The number of benzene rings is 2. The van der Waals surface area contributed by atoms with Crippen LogP contribution in [0.1, 0.15) is 24.2 Å². The molecule has 0 unspecified atom stereocenters. The summed E-state index contributed by atoms with van der Waals surface area (Å²) >= 11 is 0. The maximum Gasteiger partial charge on any atom is 0.242 e. The molecule has 160 valence electrons. The molecule has 2 aliphatic heterocycles. The number of carbonyl (C=O) groups excluding carboxylic acids is 1. The fourth-order valence-corrected chi connectivity index (χ4v) is 4.49. The molecule has 1 saturated heterocycles. The van der Waals surface area contributed by atoms with Crippen LogP contribution in [0, 0.1) is 11.6 Å². The van der Waals surface area contributed by atoms with E-state index in [1.54, 1.807) is 16.8 Å². The van der Waals surface area contributed by atoms with Gasteiger partial charge in [0.05, 0.1) is 0 Å². The van der Waals surface area contributed by atoms with Gasteiger partial charge in [0.15, 0.2) is 5.82 Å². The number of nitrogens with zero attached hydrogens (tertiary/aromatic N) is 4. The summed E-state index contributed by atoms with van der Waals surface area (Å²) in [6.07, 6.45) is 2.18. The Morgan fingerprint density at radius 1 is 1.03 bits per heavy atom. The van der Waals surface area contributed by atoms with Gasteiger partial charge in [-0.25, -0.2) is 18.4 Å². The van der Waals surface area contributed by atoms with Gasteiger partial charge in [0.25, 0.3) is 0 Å². The number of likely N-dealkylation sites (tertiary alicyclic amines) is 1. The molecule has 0 aliphatic carbocycles. The van der Waals surface area contributed by atoms with Crippen LogP contribution in [0.15, 0.2) is 48.5 Å². The van der Waals surface area contributed by atoms with E-state index in [0.717, 1.165) is 43.9 Å². The van der Waals surface area contributed by atoms with Crippen LogP contribution in [0.5, 0.6) is 0 Å². The Hall–Kier alpha value is -3.13. The van der Waals surface area contributed by atoms with Crippen molar-refractivity contribution in [1.29, 1.82) is 0 Å². The molecular formula is C23H23F2N5O. The Balaban J connectivity index is 1.32. The smallest absolute Gasteiger partial charge is 0.242 e. The Morgan fingerprint density at radius 2 is 1.81 bits per heavy atom. The molecule has 8 heteroatoms. The third-order valence-corrected chi connectivity index (χ3v) is 6.16. The van der Waals surface area contributed by atoms with Crippen molar-refractivity contribution in [3.63, 3.8) is 0 Å². The summed E-state index contributed by atoms with van der Waals surface area (Å²) in [5, 5.41) is 7.68. The molecule has 31 heavy (non-hydrogen) atoms. The number of piperidine rings is 1. The largest absolute Gasteiger partial charge is 0.349 e. The summed E-state index contributed by atoms with van der Waals surface area (Å²) in [5.74, 6) is 0.522. The Kier molecular flexibility index (Phi) is 5.02. The first-order valence-electron chi connectivity index (χ1n) is 10.5. The second-order valence-corrected chi connectivity index (χ2v) is 8.43. The standard InChI is InChI=1S/C23H23F2N5O/c24-18-6-4-16(5-7-18)14-29-10-8-23(9-11-29)13-20-26-22(17-2-1-3-19(25)12-17)28-30(20)15-21(31)27-23/h1-7,12H,8-11,13-15H2,(H,27,31). The topological polar surface area (TPSA) is 63.1 Å². The van der Waals surface area contributed by atoms with E-state index in [9.17, 15) is 13.6 Å². The lowest BCUT2D eigenvalue weighted by Crippen LogP contribution is -2.56. The van der Waals surface area contributed by atoms with Gasteiger partial charge in [-0.15, -0.1) is 0 Å². The summed E-state index contributed by atoms with van der Waals surface area (Å²) in [4.78, 5) is 19.6. The zero-order chi connectivity index (χ0) is 21.4. The van der Waals surface area contributed by atoms with Crippen LogP contribution in [-0.4, -0.2) is 44.2 Å². The van der Waals surface area contributed by atoms with Crippen molar-refractivity contribution in [2.24, 2.45) is 0 Å². The van der Waals surface area contributed by atoms with E-state index < -0.39 is 0 Å². The molecule has 6 nitrogen and oxygen atoms in total. The average molecular weight is 423 g/mol. The Bertz CT molecular complexity index is 1100. The predicted molar refractivity (Wildman–Crippen MR) is 111 cm³/mol. The van der Waals surface area contributed by atoms with Gasteiger partial charge >= 0.3 is 0 Å². The lowest BCUT2D eigenvalue weighted by Gasteiger charge is -2.41. The van der Waals surface area contributed by atoms with Crippen LogP contribution in [0.3, 0.4) is 0 Å². The Labute approximate surface area is 178 Å². The van der Waals surface area contributed by atoms with E-state index in [1.165, 1.54) is 24.3 Å². The minimum atomic E-state index is -0.364. The fourth-order valence-electron chi connectivity index (χ4n) is 4.49. The molecule has 1 spiro atoms. The number of nitrogens with one attached hydrogen (secondary N) is 1. The van der Waals surface area contributed by atoms with E-state index in [0.29, 0.717) is 17.8 Å². The Morgan fingerprint density at radius 3 is 2.55 bits per heavy atom. The van der Waals surface area contributed by atoms with Crippen molar-refractivity contribution < 1.29 is 13.6 Å². The van der Waals surface area contributed by atoms with Crippen molar-refractivity contribution in [3.8, 4) is 11.4 Å². The highest BCUT2D eigenvalue weighted by molar-refractivity contribution is 5.77. The third-order valence-electron chi connectivity index (χ3n) is 6.16. The maximum atomic E-state index is 13.6. The molecule has 0 atom stereocenters. The fraction of sp³-hybridized carbons (Fsp3) is 0.348. The molecule has 2 aliphatic rings. The number of hydrogen-bond acceptors (Lipinski definition) is 4. The van der Waals surface area contributed by atoms with Crippen LogP contribution >= 0.6 is 0 Å². The van der Waals surface area contributed by atoms with Crippen molar-refractivity contribution in [3.05, 3.63) is 71.6 Å². The van der Waals surface area contributed by atoms with E-state index in [-0.39, 0.29) is 29.6 Å². The molecule has 1 fully saturated rings. The molecule has 0 radical (unpaired) electrons. The summed E-state index contributed by atoms with van der Waals surface area (Å²) in [6.45, 7) is 2.51. The number of amides is 1. The van der Waals surface area contributed by atoms with Crippen LogP contribution in [0.4, 0.5) is 8.78 Å². The van der Waals surface area contributed by atoms with Crippen molar-refractivity contribution >= 4 is 5.91 Å². The van der Waals surface area contributed by atoms with E-state index >= 15 is 0 Å². The predicted octanol–water partition coefficient (Wildman–Crippen LogP) is 2.93. The summed E-state index contributed by atoms with van der Waals surface area (Å²) < 4.78 is 28.4. The molecule has 1 N–H and O–H groups in total. The van der Waals surface area contributed by atoms with Gasteiger partial charge < -0.3 is 5.32 Å². The van der Waals surface area contributed by atoms with Crippen molar-refractivity contribution in [1.82, 2.24) is 25.0 Å². The van der Waals surface area contributed by atoms with Crippen molar-refractivity contribution in [2.45, 2.75) is 37.9 Å². The molecule has 0 saturated carbocycles.